The van der Waals surface area contributed by atoms with E-state index >= 15 is 0 Å². The van der Waals surface area contributed by atoms with Gasteiger partial charge in [0.05, 0.1) is 7.11 Å². The molecule has 4 nitrogen and oxygen atoms in total. The van der Waals surface area contributed by atoms with Crippen LogP contribution in [0, 0.1) is 0 Å². The highest BCUT2D eigenvalue weighted by Crippen LogP contribution is 2.50. The number of amides is 1. The summed E-state index contributed by atoms with van der Waals surface area (Å²) >= 11 is 0. The summed E-state index contributed by atoms with van der Waals surface area (Å²) in [7, 11) is 1.43. The highest BCUT2D eigenvalue weighted by molar-refractivity contribution is 6.04. The summed E-state index contributed by atoms with van der Waals surface area (Å²) in [6.45, 7) is 0. The first-order valence-corrected chi connectivity index (χ1v) is 7.32. The van der Waals surface area contributed by atoms with Gasteiger partial charge in [0.1, 0.15) is 5.75 Å². The van der Waals surface area contributed by atoms with E-state index in [9.17, 15) is 36.2 Å². The van der Waals surface area contributed by atoms with E-state index in [1.165, 1.54) is 31.4 Å². The van der Waals surface area contributed by atoms with Gasteiger partial charge in [-0.25, -0.2) is 0 Å². The molecule has 0 aromatic heterocycles. The molecule has 2 aromatic carbocycles. The van der Waals surface area contributed by atoms with E-state index in [1.807, 2.05) is 0 Å². The van der Waals surface area contributed by atoms with Gasteiger partial charge in [-0.05, 0) is 36.4 Å². The summed E-state index contributed by atoms with van der Waals surface area (Å²) in [6.07, 6.45) is -11.9. The van der Waals surface area contributed by atoms with Gasteiger partial charge in [0, 0.05) is 16.8 Å². The van der Waals surface area contributed by atoms with Crippen LogP contribution in [0.1, 0.15) is 15.9 Å². The van der Waals surface area contributed by atoms with E-state index < -0.39 is 29.4 Å². The van der Waals surface area contributed by atoms with E-state index in [0.717, 1.165) is 12.1 Å². The Morgan fingerprint density at radius 1 is 0.889 bits per heavy atom. The van der Waals surface area contributed by atoms with Crippen molar-refractivity contribution in [2.75, 3.05) is 12.4 Å². The van der Waals surface area contributed by atoms with Crippen molar-refractivity contribution in [1.29, 1.82) is 0 Å². The van der Waals surface area contributed by atoms with Gasteiger partial charge in [0.25, 0.3) is 11.5 Å². The minimum Gasteiger partial charge on any atom is -0.497 e. The molecule has 0 atom stereocenters. The number of carbonyl (C=O) groups is 1. The van der Waals surface area contributed by atoms with E-state index in [4.69, 9.17) is 4.74 Å². The van der Waals surface area contributed by atoms with Crippen molar-refractivity contribution in [3.8, 4) is 5.75 Å². The lowest BCUT2D eigenvalue weighted by Gasteiger charge is -2.32. The largest absolute Gasteiger partial charge is 0.497 e. The number of anilines is 1. The van der Waals surface area contributed by atoms with Crippen LogP contribution in [0.4, 0.5) is 32.0 Å². The van der Waals surface area contributed by atoms with Gasteiger partial charge >= 0.3 is 12.4 Å². The van der Waals surface area contributed by atoms with Crippen molar-refractivity contribution in [1.82, 2.24) is 0 Å². The van der Waals surface area contributed by atoms with E-state index in [2.05, 4.69) is 5.32 Å². The van der Waals surface area contributed by atoms with Crippen LogP contribution in [0.2, 0.25) is 0 Å². The molecule has 0 radical (unpaired) electrons. The second-order valence-electron chi connectivity index (χ2n) is 5.47. The summed E-state index contributed by atoms with van der Waals surface area (Å²) in [5.41, 5.74) is -6.28. The van der Waals surface area contributed by atoms with Crippen molar-refractivity contribution in [2.45, 2.75) is 18.0 Å². The number of benzene rings is 2. The summed E-state index contributed by atoms with van der Waals surface area (Å²) in [6, 6.07) is 8.42. The zero-order valence-corrected chi connectivity index (χ0v) is 13.7. The average Bonchev–Trinajstić information content (AvgIpc) is 2.59. The second-order valence-corrected chi connectivity index (χ2v) is 5.47. The van der Waals surface area contributed by atoms with Crippen molar-refractivity contribution in [2.24, 2.45) is 0 Å². The number of hydrogen-bond acceptors (Lipinski definition) is 3. The Bertz CT molecular complexity index is 783. The first-order chi connectivity index (χ1) is 12.4. The third kappa shape index (κ3) is 4.00. The Morgan fingerprint density at radius 2 is 1.37 bits per heavy atom. The molecular formula is C17H13F6NO3. The van der Waals surface area contributed by atoms with Crippen LogP contribution in [-0.2, 0) is 5.60 Å². The molecule has 0 bridgehead atoms. The van der Waals surface area contributed by atoms with Crippen LogP contribution >= 0.6 is 0 Å². The number of halogens is 6. The van der Waals surface area contributed by atoms with Gasteiger partial charge in [-0.15, -0.1) is 0 Å². The molecule has 27 heavy (non-hydrogen) atoms. The SMILES string of the molecule is COc1ccc(C(=O)Nc2ccc(C(O)(C(F)(F)F)C(F)(F)F)cc2)cc1. The quantitative estimate of drug-likeness (QED) is 0.764. The Kier molecular flexibility index (Phi) is 5.41. The molecule has 2 N–H and O–H groups in total. The molecule has 0 aliphatic heterocycles. The Labute approximate surface area is 149 Å². The van der Waals surface area contributed by atoms with Crippen molar-refractivity contribution < 1.29 is 41.0 Å². The van der Waals surface area contributed by atoms with Crippen LogP contribution in [0.3, 0.4) is 0 Å². The fraction of sp³-hybridized carbons (Fsp3) is 0.235. The monoisotopic (exact) mass is 393 g/mol. The molecule has 0 saturated heterocycles. The van der Waals surface area contributed by atoms with Crippen LogP contribution in [0.25, 0.3) is 0 Å². The van der Waals surface area contributed by atoms with Gasteiger partial charge in [-0.3, -0.25) is 4.79 Å². The molecule has 146 valence electrons. The number of ether oxygens (including phenoxy) is 1. The predicted molar refractivity (Wildman–Crippen MR) is 83.4 cm³/mol. The lowest BCUT2D eigenvalue weighted by Crippen LogP contribution is -2.53. The molecule has 2 rings (SSSR count). The second kappa shape index (κ2) is 7.10. The zero-order chi connectivity index (χ0) is 20.5. The lowest BCUT2D eigenvalue weighted by atomic mass is 9.92. The maximum atomic E-state index is 12.8. The van der Waals surface area contributed by atoms with Crippen molar-refractivity contribution in [3.05, 3.63) is 59.7 Å². The maximum absolute atomic E-state index is 12.8. The zero-order valence-electron chi connectivity index (χ0n) is 13.7. The number of methoxy groups -OCH3 is 1. The maximum Gasteiger partial charge on any atom is 0.430 e. The van der Waals surface area contributed by atoms with Gasteiger partial charge in [0.2, 0.25) is 0 Å². The normalized spacial score (nSPS) is 12.6. The number of alkyl halides is 6. The third-order valence-electron chi connectivity index (χ3n) is 3.73. The van der Waals surface area contributed by atoms with Gasteiger partial charge in [-0.1, -0.05) is 12.1 Å². The minimum atomic E-state index is -5.97. The fourth-order valence-corrected chi connectivity index (χ4v) is 2.23. The van der Waals surface area contributed by atoms with Crippen LogP contribution in [0.15, 0.2) is 48.5 Å². The van der Waals surface area contributed by atoms with E-state index in [-0.39, 0.29) is 11.3 Å². The highest BCUT2D eigenvalue weighted by Gasteiger charge is 2.71. The van der Waals surface area contributed by atoms with Crippen LogP contribution < -0.4 is 10.1 Å². The smallest absolute Gasteiger partial charge is 0.430 e. The number of aliphatic hydroxyl groups is 1. The molecular weight excluding hydrogens is 380 g/mol. The molecule has 0 spiro atoms. The first kappa shape index (κ1) is 20.6. The fourth-order valence-electron chi connectivity index (χ4n) is 2.23. The molecule has 0 unspecified atom stereocenters. The summed E-state index contributed by atoms with van der Waals surface area (Å²) in [5, 5.41) is 11.6. The van der Waals surface area contributed by atoms with E-state index in [0.29, 0.717) is 17.9 Å². The average molecular weight is 393 g/mol. The lowest BCUT2D eigenvalue weighted by molar-refractivity contribution is -0.376. The summed E-state index contributed by atoms with van der Waals surface area (Å²) in [5.74, 6) is -0.137. The molecule has 0 heterocycles. The number of hydrogen-bond donors (Lipinski definition) is 2. The topological polar surface area (TPSA) is 58.6 Å². The predicted octanol–water partition coefficient (Wildman–Crippen LogP) is 4.26. The summed E-state index contributed by atoms with van der Waals surface area (Å²) < 4.78 is 81.9. The van der Waals surface area contributed by atoms with Gasteiger partial charge in [0.15, 0.2) is 0 Å². The minimum absolute atomic E-state index is 0.0498. The Hall–Kier alpha value is -2.75. The molecule has 0 aliphatic carbocycles. The molecule has 2 aromatic rings. The van der Waals surface area contributed by atoms with E-state index in [1.54, 1.807) is 0 Å². The molecule has 1 amide bonds. The standard InChI is InChI=1S/C17H13F6NO3/c1-27-13-8-2-10(3-9-13)14(25)24-12-6-4-11(5-7-12)15(26,16(18,19)20)17(21,22)23/h2-9,26H,1H3,(H,24,25). The van der Waals surface area contributed by atoms with Crippen LogP contribution in [0.5, 0.6) is 5.75 Å². The van der Waals surface area contributed by atoms with Gasteiger partial charge in [-0.2, -0.15) is 26.3 Å². The Morgan fingerprint density at radius 3 is 1.78 bits per heavy atom. The third-order valence-corrected chi connectivity index (χ3v) is 3.73. The number of carbonyl (C=O) groups excluding carboxylic acids is 1. The number of rotatable bonds is 4. The Balaban J connectivity index is 2.24. The highest BCUT2D eigenvalue weighted by atomic mass is 19.4. The van der Waals surface area contributed by atoms with Crippen molar-refractivity contribution in [3.63, 3.8) is 0 Å². The van der Waals surface area contributed by atoms with Crippen molar-refractivity contribution >= 4 is 11.6 Å². The molecule has 10 heteroatoms. The first-order valence-electron chi connectivity index (χ1n) is 7.32. The molecule has 0 fully saturated rings. The number of nitrogens with one attached hydrogen (secondary N) is 1. The van der Waals surface area contributed by atoms with Gasteiger partial charge < -0.3 is 15.2 Å². The summed E-state index contributed by atoms with van der Waals surface area (Å²) in [4.78, 5) is 12.1. The van der Waals surface area contributed by atoms with Crippen LogP contribution in [-0.4, -0.2) is 30.5 Å². The molecule has 0 aliphatic rings. The molecule has 0 saturated carbocycles.